The lowest BCUT2D eigenvalue weighted by atomic mass is 10.0. The minimum Gasteiger partial charge on any atom is -0.393 e. The second-order valence-electron chi connectivity index (χ2n) is 5.87. The average molecular weight is 274 g/mol. The van der Waals surface area contributed by atoms with Crippen molar-refractivity contribution in [3.8, 4) is 0 Å². The second kappa shape index (κ2) is 6.89. The molecular formula is C17H26N2O. The molecule has 0 fully saturated rings. The summed E-state index contributed by atoms with van der Waals surface area (Å²) in [6, 6.07) is 8.33. The second-order valence-corrected chi connectivity index (χ2v) is 5.87. The van der Waals surface area contributed by atoms with Crippen LogP contribution in [0.25, 0.3) is 11.0 Å². The number of benzene rings is 1. The van der Waals surface area contributed by atoms with Crippen molar-refractivity contribution in [1.82, 2.24) is 9.55 Å². The van der Waals surface area contributed by atoms with E-state index in [9.17, 15) is 5.11 Å². The number of imidazole rings is 1. The molecule has 2 rings (SSSR count). The zero-order valence-corrected chi connectivity index (χ0v) is 12.8. The molecule has 20 heavy (non-hydrogen) atoms. The molecule has 0 saturated heterocycles. The first-order chi connectivity index (χ1) is 9.63. The number of para-hydroxylation sites is 2. The molecule has 0 aliphatic carbocycles. The van der Waals surface area contributed by atoms with Crippen molar-refractivity contribution >= 4 is 11.0 Å². The summed E-state index contributed by atoms with van der Waals surface area (Å²) in [4.78, 5) is 4.75. The molecular weight excluding hydrogens is 248 g/mol. The molecule has 0 bridgehead atoms. The first-order valence-corrected chi connectivity index (χ1v) is 7.75. The molecule has 1 N–H and O–H groups in total. The van der Waals surface area contributed by atoms with E-state index in [1.54, 1.807) is 0 Å². The van der Waals surface area contributed by atoms with Crippen molar-refractivity contribution < 1.29 is 5.11 Å². The Morgan fingerprint density at radius 1 is 1.25 bits per heavy atom. The molecule has 1 aromatic carbocycles. The van der Waals surface area contributed by atoms with Gasteiger partial charge < -0.3 is 9.67 Å². The zero-order chi connectivity index (χ0) is 14.5. The van der Waals surface area contributed by atoms with Crippen LogP contribution in [0, 0.1) is 5.92 Å². The molecule has 1 atom stereocenters. The number of aromatic nitrogens is 2. The lowest BCUT2D eigenvalue weighted by Gasteiger charge is -2.14. The van der Waals surface area contributed by atoms with Crippen LogP contribution in [0.5, 0.6) is 0 Å². The SMILES string of the molecule is CCCn1c(CCCC(O)C(C)C)nc2ccccc21. The Hall–Kier alpha value is -1.35. The van der Waals surface area contributed by atoms with E-state index in [4.69, 9.17) is 4.98 Å². The predicted octanol–water partition coefficient (Wildman–Crippen LogP) is 3.79. The maximum absolute atomic E-state index is 9.89. The fourth-order valence-electron chi connectivity index (χ4n) is 2.59. The van der Waals surface area contributed by atoms with Gasteiger partial charge in [-0.05, 0) is 37.3 Å². The van der Waals surface area contributed by atoms with E-state index in [0.29, 0.717) is 5.92 Å². The third-order valence-corrected chi connectivity index (χ3v) is 3.85. The molecule has 3 nitrogen and oxygen atoms in total. The highest BCUT2D eigenvalue weighted by atomic mass is 16.3. The minimum atomic E-state index is -0.195. The van der Waals surface area contributed by atoms with Gasteiger partial charge in [0.1, 0.15) is 5.82 Å². The fraction of sp³-hybridized carbons (Fsp3) is 0.588. The Labute approximate surface area is 121 Å². The summed E-state index contributed by atoms with van der Waals surface area (Å²) < 4.78 is 2.33. The van der Waals surface area contributed by atoms with Crippen molar-refractivity contribution in [2.24, 2.45) is 5.92 Å². The summed E-state index contributed by atoms with van der Waals surface area (Å²) in [5, 5.41) is 9.89. The summed E-state index contributed by atoms with van der Waals surface area (Å²) in [5.41, 5.74) is 2.31. The quantitative estimate of drug-likeness (QED) is 0.834. The molecule has 1 heterocycles. The number of hydrogen-bond donors (Lipinski definition) is 1. The van der Waals surface area contributed by atoms with Crippen LogP contribution in [0.3, 0.4) is 0 Å². The molecule has 1 aromatic heterocycles. The molecule has 0 radical (unpaired) electrons. The van der Waals surface area contributed by atoms with Gasteiger partial charge in [-0.3, -0.25) is 0 Å². The summed E-state index contributed by atoms with van der Waals surface area (Å²) in [7, 11) is 0. The van der Waals surface area contributed by atoms with E-state index in [0.717, 1.165) is 43.6 Å². The number of aliphatic hydroxyl groups is 1. The summed E-state index contributed by atoms with van der Waals surface area (Å²) >= 11 is 0. The van der Waals surface area contributed by atoms with Gasteiger partial charge in [0.25, 0.3) is 0 Å². The van der Waals surface area contributed by atoms with E-state index in [-0.39, 0.29) is 6.10 Å². The molecule has 110 valence electrons. The van der Waals surface area contributed by atoms with Crippen molar-refractivity contribution in [2.45, 2.75) is 59.1 Å². The van der Waals surface area contributed by atoms with Crippen molar-refractivity contribution in [3.63, 3.8) is 0 Å². The lowest BCUT2D eigenvalue weighted by molar-refractivity contribution is 0.114. The maximum Gasteiger partial charge on any atom is 0.109 e. The summed E-state index contributed by atoms with van der Waals surface area (Å²) in [6.07, 6.45) is 3.71. The van der Waals surface area contributed by atoms with Gasteiger partial charge in [0.05, 0.1) is 17.1 Å². The molecule has 0 amide bonds. The molecule has 2 aromatic rings. The Morgan fingerprint density at radius 2 is 2.00 bits per heavy atom. The van der Waals surface area contributed by atoms with E-state index >= 15 is 0 Å². The number of fused-ring (bicyclic) bond motifs is 1. The van der Waals surface area contributed by atoms with Gasteiger partial charge in [-0.1, -0.05) is 32.9 Å². The van der Waals surface area contributed by atoms with Crippen LogP contribution in [-0.4, -0.2) is 20.8 Å². The minimum absolute atomic E-state index is 0.195. The van der Waals surface area contributed by atoms with Crippen LogP contribution in [-0.2, 0) is 13.0 Å². The monoisotopic (exact) mass is 274 g/mol. The van der Waals surface area contributed by atoms with E-state index in [2.05, 4.69) is 43.5 Å². The molecule has 1 unspecified atom stereocenters. The van der Waals surface area contributed by atoms with Crippen LogP contribution in [0.15, 0.2) is 24.3 Å². The summed E-state index contributed by atoms with van der Waals surface area (Å²) in [5.74, 6) is 1.49. The molecule has 0 saturated carbocycles. The van der Waals surface area contributed by atoms with Gasteiger partial charge in [0, 0.05) is 13.0 Å². The lowest BCUT2D eigenvalue weighted by Crippen LogP contribution is -2.15. The zero-order valence-electron chi connectivity index (χ0n) is 12.8. The first-order valence-electron chi connectivity index (χ1n) is 7.75. The van der Waals surface area contributed by atoms with E-state index in [1.807, 2.05) is 6.07 Å². The van der Waals surface area contributed by atoms with E-state index < -0.39 is 0 Å². The maximum atomic E-state index is 9.89. The molecule has 0 aliphatic rings. The first kappa shape index (κ1) is 15.0. The van der Waals surface area contributed by atoms with Crippen LogP contribution < -0.4 is 0 Å². The molecule has 0 aliphatic heterocycles. The number of nitrogens with zero attached hydrogens (tertiary/aromatic N) is 2. The van der Waals surface area contributed by atoms with Gasteiger partial charge in [-0.25, -0.2) is 4.98 Å². The third kappa shape index (κ3) is 3.40. The topological polar surface area (TPSA) is 38.0 Å². The highest BCUT2D eigenvalue weighted by Crippen LogP contribution is 2.19. The Bertz CT molecular complexity index is 545. The number of hydrogen-bond acceptors (Lipinski definition) is 2. The van der Waals surface area contributed by atoms with Gasteiger partial charge in [-0.2, -0.15) is 0 Å². The number of rotatable bonds is 7. The highest BCUT2D eigenvalue weighted by Gasteiger charge is 2.12. The number of aryl methyl sites for hydroxylation is 2. The Morgan fingerprint density at radius 3 is 2.70 bits per heavy atom. The number of aliphatic hydroxyl groups excluding tert-OH is 1. The van der Waals surface area contributed by atoms with Crippen molar-refractivity contribution in [2.75, 3.05) is 0 Å². The Kier molecular flexibility index (Phi) is 5.18. The standard InChI is InChI=1S/C17H26N2O/c1-4-12-19-15-9-6-5-8-14(15)18-17(19)11-7-10-16(20)13(2)3/h5-6,8-9,13,16,20H,4,7,10-12H2,1-3H3. The smallest absolute Gasteiger partial charge is 0.109 e. The Balaban J connectivity index is 2.10. The summed E-state index contributed by atoms with van der Waals surface area (Å²) in [6.45, 7) is 7.34. The van der Waals surface area contributed by atoms with Crippen LogP contribution in [0.1, 0.15) is 45.9 Å². The normalized spacial score (nSPS) is 13.2. The van der Waals surface area contributed by atoms with Crippen LogP contribution >= 0.6 is 0 Å². The van der Waals surface area contributed by atoms with Crippen LogP contribution in [0.2, 0.25) is 0 Å². The largest absolute Gasteiger partial charge is 0.393 e. The molecule has 3 heteroatoms. The highest BCUT2D eigenvalue weighted by molar-refractivity contribution is 5.75. The predicted molar refractivity (Wildman–Crippen MR) is 83.8 cm³/mol. The van der Waals surface area contributed by atoms with Gasteiger partial charge in [-0.15, -0.1) is 0 Å². The van der Waals surface area contributed by atoms with Gasteiger partial charge >= 0.3 is 0 Å². The van der Waals surface area contributed by atoms with Crippen molar-refractivity contribution in [3.05, 3.63) is 30.1 Å². The van der Waals surface area contributed by atoms with Gasteiger partial charge in [0.2, 0.25) is 0 Å². The molecule has 0 spiro atoms. The average Bonchev–Trinajstić information content (AvgIpc) is 2.77. The van der Waals surface area contributed by atoms with Gasteiger partial charge in [0.15, 0.2) is 0 Å². The van der Waals surface area contributed by atoms with E-state index in [1.165, 1.54) is 5.52 Å². The third-order valence-electron chi connectivity index (χ3n) is 3.85. The van der Waals surface area contributed by atoms with Crippen LogP contribution in [0.4, 0.5) is 0 Å². The fourth-order valence-corrected chi connectivity index (χ4v) is 2.59. The van der Waals surface area contributed by atoms with Crippen molar-refractivity contribution in [1.29, 1.82) is 0 Å².